The first-order valence-corrected chi connectivity index (χ1v) is 17.9. The lowest BCUT2D eigenvalue weighted by atomic mass is 9.82. The molecular formula is C39H43ClN6O5. The summed E-state index contributed by atoms with van der Waals surface area (Å²) in [5.74, 6) is 0.172. The third-order valence-corrected chi connectivity index (χ3v) is 10.1. The fourth-order valence-electron chi connectivity index (χ4n) is 7.15. The van der Waals surface area contributed by atoms with Crippen molar-refractivity contribution < 1.29 is 23.5 Å². The molecule has 2 aliphatic rings. The predicted octanol–water partition coefficient (Wildman–Crippen LogP) is 7.91. The van der Waals surface area contributed by atoms with Gasteiger partial charge in [0.1, 0.15) is 22.7 Å². The molecule has 0 bridgehead atoms. The van der Waals surface area contributed by atoms with E-state index in [1.807, 2.05) is 39.0 Å². The molecule has 0 unspecified atom stereocenters. The zero-order chi connectivity index (χ0) is 36.1. The number of aromatic nitrogens is 4. The molecule has 266 valence electrons. The molecule has 51 heavy (non-hydrogen) atoms. The second kappa shape index (κ2) is 13.5. The van der Waals surface area contributed by atoms with Crippen LogP contribution in [-0.2, 0) is 27.2 Å². The number of nitrogens with zero attached hydrogens (tertiary/aromatic N) is 6. The lowest BCUT2D eigenvalue weighted by Crippen LogP contribution is -2.39. The van der Waals surface area contributed by atoms with Crippen LogP contribution in [0.1, 0.15) is 87.7 Å². The molecule has 12 heteroatoms. The summed E-state index contributed by atoms with van der Waals surface area (Å²) in [6, 6.07) is 10.1. The highest BCUT2D eigenvalue weighted by atomic mass is 35.5. The van der Waals surface area contributed by atoms with E-state index in [4.69, 9.17) is 25.5 Å². The number of aldehydes is 1. The summed E-state index contributed by atoms with van der Waals surface area (Å²) in [5.41, 5.74) is 6.37. The van der Waals surface area contributed by atoms with Crippen molar-refractivity contribution in [3.63, 3.8) is 0 Å². The third kappa shape index (κ3) is 6.77. The number of carbonyl (C=O) groups is 2. The molecule has 1 saturated heterocycles. The summed E-state index contributed by atoms with van der Waals surface area (Å²) < 4.78 is 18.1. The van der Waals surface area contributed by atoms with Gasteiger partial charge in [-0.15, -0.1) is 0 Å². The summed E-state index contributed by atoms with van der Waals surface area (Å²) in [6.07, 6.45) is 5.43. The first-order chi connectivity index (χ1) is 24.4. The number of carbonyl (C=O) groups excluding carboxylic acids is 2. The Morgan fingerprint density at radius 1 is 1.08 bits per heavy atom. The number of piperidine rings is 1. The van der Waals surface area contributed by atoms with Gasteiger partial charge >= 0.3 is 5.97 Å². The number of rotatable bonds is 8. The van der Waals surface area contributed by atoms with Crippen molar-refractivity contribution in [1.29, 1.82) is 0 Å². The molecule has 0 N–H and O–H groups in total. The lowest BCUT2D eigenvalue weighted by molar-refractivity contribution is -0.166. The van der Waals surface area contributed by atoms with Crippen LogP contribution < -0.4 is 9.80 Å². The zero-order valence-corrected chi connectivity index (χ0v) is 30.7. The highest BCUT2D eigenvalue weighted by molar-refractivity contribution is 6.31. The number of halogens is 1. The number of ether oxygens (including phenoxy) is 2. The van der Waals surface area contributed by atoms with Gasteiger partial charge in [0, 0.05) is 37.9 Å². The monoisotopic (exact) mass is 710 g/mol. The molecule has 0 spiro atoms. The average Bonchev–Trinajstić information content (AvgIpc) is 3.49. The molecule has 0 radical (unpaired) electrons. The van der Waals surface area contributed by atoms with Crippen LogP contribution in [0.25, 0.3) is 33.3 Å². The van der Waals surface area contributed by atoms with Crippen molar-refractivity contribution in [1.82, 2.24) is 19.9 Å². The Balaban J connectivity index is 1.33. The van der Waals surface area contributed by atoms with E-state index in [2.05, 4.69) is 55.7 Å². The highest BCUT2D eigenvalue weighted by Crippen LogP contribution is 2.47. The largest absolute Gasteiger partial charge is 0.464 e. The van der Waals surface area contributed by atoms with Crippen LogP contribution in [0.3, 0.4) is 0 Å². The maximum absolute atomic E-state index is 13.6. The van der Waals surface area contributed by atoms with E-state index in [-0.39, 0.29) is 22.9 Å². The van der Waals surface area contributed by atoms with Crippen LogP contribution in [0.2, 0.25) is 5.15 Å². The topological polar surface area (TPSA) is 124 Å². The molecule has 7 rings (SSSR count). The van der Waals surface area contributed by atoms with Crippen molar-refractivity contribution in [3.8, 4) is 11.1 Å². The highest BCUT2D eigenvalue weighted by Gasteiger charge is 2.38. The number of hydrogen-bond donors (Lipinski definition) is 0. The summed E-state index contributed by atoms with van der Waals surface area (Å²) in [5, 5.41) is 0.903. The predicted molar refractivity (Wildman–Crippen MR) is 197 cm³/mol. The van der Waals surface area contributed by atoms with E-state index in [0.29, 0.717) is 54.3 Å². The van der Waals surface area contributed by atoms with Crippen LogP contribution in [0, 0.1) is 5.41 Å². The van der Waals surface area contributed by atoms with Crippen LogP contribution in [0.4, 0.5) is 11.5 Å². The fourth-order valence-corrected chi connectivity index (χ4v) is 7.43. The van der Waals surface area contributed by atoms with Gasteiger partial charge in [0.2, 0.25) is 5.71 Å². The number of esters is 1. The standard InChI is InChI=1S/C39H43ClN6O5/c1-7-49-37(48)32(51-38(2,3)4)29-31(45-17-13-39(5,6)14-18-45)28(27(21-47)44-34(29)40)24-10-11-25-20-46(16-12-23(25)19-24)35-33-30(42-22-43-35)26-9-8-15-41-36(26)50-33/h8-11,15,19,21-22,32H,7,12-14,16-18,20H2,1-6H3/t32-/m0/s1. The second-order valence-corrected chi connectivity index (χ2v) is 15.4. The molecule has 1 fully saturated rings. The van der Waals surface area contributed by atoms with Gasteiger partial charge in [0.15, 0.2) is 23.8 Å². The third-order valence-electron chi connectivity index (χ3n) is 9.78. The van der Waals surface area contributed by atoms with Gasteiger partial charge in [-0.05, 0) is 81.2 Å². The molecule has 5 aromatic rings. The quantitative estimate of drug-likeness (QED) is 0.0887. The maximum atomic E-state index is 13.6. The van der Waals surface area contributed by atoms with Gasteiger partial charge in [-0.3, -0.25) is 4.79 Å². The van der Waals surface area contributed by atoms with Gasteiger partial charge in [0.25, 0.3) is 0 Å². The van der Waals surface area contributed by atoms with Gasteiger partial charge in [-0.2, -0.15) is 0 Å². The molecule has 0 aliphatic carbocycles. The van der Waals surface area contributed by atoms with Gasteiger partial charge in [-0.25, -0.2) is 24.7 Å². The van der Waals surface area contributed by atoms with Crippen LogP contribution in [0.5, 0.6) is 0 Å². The number of benzene rings is 1. The first-order valence-electron chi connectivity index (χ1n) is 17.5. The van der Waals surface area contributed by atoms with Crippen molar-refractivity contribution in [3.05, 3.63) is 70.4 Å². The molecule has 0 amide bonds. The molecule has 2 aliphatic heterocycles. The number of pyridine rings is 2. The Hall–Kier alpha value is -4.61. The molecule has 1 atom stereocenters. The zero-order valence-electron chi connectivity index (χ0n) is 30.0. The van der Waals surface area contributed by atoms with Crippen molar-refractivity contribution >= 4 is 57.6 Å². The minimum atomic E-state index is -1.15. The smallest absolute Gasteiger partial charge is 0.340 e. The Bertz CT molecular complexity index is 2130. The minimum Gasteiger partial charge on any atom is -0.464 e. The lowest BCUT2D eigenvalue weighted by Gasteiger charge is -2.41. The van der Waals surface area contributed by atoms with Crippen LogP contribution >= 0.6 is 11.6 Å². The summed E-state index contributed by atoms with van der Waals surface area (Å²) >= 11 is 6.96. The van der Waals surface area contributed by atoms with E-state index >= 15 is 0 Å². The Morgan fingerprint density at radius 2 is 1.86 bits per heavy atom. The van der Waals surface area contributed by atoms with E-state index in [9.17, 15) is 9.59 Å². The molecular weight excluding hydrogens is 668 g/mol. The van der Waals surface area contributed by atoms with Crippen molar-refractivity contribution in [2.24, 2.45) is 5.41 Å². The van der Waals surface area contributed by atoms with E-state index in [1.54, 1.807) is 19.4 Å². The molecule has 4 aromatic heterocycles. The van der Waals surface area contributed by atoms with Crippen molar-refractivity contribution in [2.45, 2.75) is 79.1 Å². The molecule has 1 aromatic carbocycles. The van der Waals surface area contributed by atoms with Crippen LogP contribution in [-0.4, -0.2) is 64.0 Å². The maximum Gasteiger partial charge on any atom is 0.340 e. The van der Waals surface area contributed by atoms with E-state index < -0.39 is 17.7 Å². The number of anilines is 2. The van der Waals surface area contributed by atoms with E-state index in [1.165, 1.54) is 0 Å². The van der Waals surface area contributed by atoms with Gasteiger partial charge in [-0.1, -0.05) is 43.6 Å². The number of hydrogen-bond acceptors (Lipinski definition) is 11. The number of fused-ring (bicyclic) bond motifs is 4. The molecule has 6 heterocycles. The van der Waals surface area contributed by atoms with Gasteiger partial charge < -0.3 is 23.7 Å². The summed E-state index contributed by atoms with van der Waals surface area (Å²) in [7, 11) is 0. The Labute approximate surface area is 302 Å². The second-order valence-electron chi connectivity index (χ2n) is 15.0. The summed E-state index contributed by atoms with van der Waals surface area (Å²) in [6.45, 7) is 14.8. The molecule has 11 nitrogen and oxygen atoms in total. The minimum absolute atomic E-state index is 0.0496. The van der Waals surface area contributed by atoms with Gasteiger partial charge in [0.05, 0.1) is 28.8 Å². The summed E-state index contributed by atoms with van der Waals surface area (Å²) in [4.78, 5) is 49.0. The van der Waals surface area contributed by atoms with Crippen molar-refractivity contribution in [2.75, 3.05) is 36.0 Å². The SMILES string of the molecule is CCOC(=O)[C@@H](OC(C)(C)C)c1c(Cl)nc(C=O)c(-c2ccc3c(c2)CCN(c2ncnc4c2oc2ncccc24)C3)c1N1CCC(C)(C)CC1. The normalized spacial score (nSPS) is 16.7. The Kier molecular flexibility index (Phi) is 9.22. The van der Waals surface area contributed by atoms with E-state index in [0.717, 1.165) is 59.0 Å². The fraction of sp³-hybridized carbons (Fsp3) is 0.436. The average molecular weight is 711 g/mol. The first kappa shape index (κ1) is 34.8. The Morgan fingerprint density at radius 3 is 2.59 bits per heavy atom. The van der Waals surface area contributed by atoms with Crippen LogP contribution in [0.15, 0.2) is 47.3 Å². The molecule has 0 saturated carbocycles. The number of furan rings is 1.